The van der Waals surface area contributed by atoms with Crippen LogP contribution in [0.2, 0.25) is 0 Å². The van der Waals surface area contributed by atoms with Gasteiger partial charge in [-0.15, -0.1) is 0 Å². The third-order valence-corrected chi connectivity index (χ3v) is 4.22. The summed E-state index contributed by atoms with van der Waals surface area (Å²) in [5.74, 6) is 1.17. The summed E-state index contributed by atoms with van der Waals surface area (Å²) in [4.78, 5) is 28.8. The number of aryl methyl sites for hydroxylation is 1. The van der Waals surface area contributed by atoms with E-state index >= 15 is 0 Å². The zero-order valence-electron chi connectivity index (χ0n) is 13.3. The maximum absolute atomic E-state index is 11.4. The number of para-hydroxylation sites is 1. The summed E-state index contributed by atoms with van der Waals surface area (Å²) < 4.78 is 16.4. The average molecular weight is 348 g/mol. The summed E-state index contributed by atoms with van der Waals surface area (Å²) in [5.41, 5.74) is 1.14. The van der Waals surface area contributed by atoms with Crippen LogP contribution in [0.5, 0.6) is 11.5 Å². The Kier molecular flexibility index (Phi) is 6.73. The van der Waals surface area contributed by atoms with Crippen molar-refractivity contribution in [2.45, 2.75) is 25.7 Å². The van der Waals surface area contributed by atoms with Crippen molar-refractivity contribution in [3.8, 4) is 11.5 Å². The molecule has 0 aliphatic rings. The molecular weight excluding hydrogens is 327 g/mol. The van der Waals surface area contributed by atoms with Gasteiger partial charge in [0.15, 0.2) is 0 Å². The highest BCUT2D eigenvalue weighted by molar-refractivity contribution is 7.52. The molecule has 0 unspecified atom stereocenters. The second kappa shape index (κ2) is 8.78. The molecule has 0 radical (unpaired) electrons. The minimum Gasteiger partial charge on any atom is -0.457 e. The number of carbonyl (C=O) groups is 1. The first-order valence-electron chi connectivity index (χ1n) is 7.80. The molecule has 0 aromatic heterocycles. The number of unbranched alkanes of at least 4 members (excludes halogenated alkanes) is 1. The number of hydrogen-bond acceptors (Lipinski definition) is 3. The van der Waals surface area contributed by atoms with E-state index in [9.17, 15) is 9.36 Å². The van der Waals surface area contributed by atoms with Crippen LogP contribution >= 0.6 is 7.60 Å². The van der Waals surface area contributed by atoms with Crippen molar-refractivity contribution in [2.75, 3.05) is 6.16 Å². The standard InChI is InChI=1S/C18H21O5P/c19-16(14-24(20,21)22)7-5-4-6-15-10-12-18(13-11-15)23-17-8-2-1-3-9-17/h1-3,8-13H,4-7,14H2,(H2,20,21,22). The van der Waals surface area contributed by atoms with Gasteiger partial charge in [0, 0.05) is 6.42 Å². The number of Topliss-reactive ketones (excluding diaryl/α,β-unsaturated/α-hetero) is 1. The van der Waals surface area contributed by atoms with Crippen LogP contribution in [0, 0.1) is 0 Å². The van der Waals surface area contributed by atoms with E-state index in [1.807, 2.05) is 54.6 Å². The van der Waals surface area contributed by atoms with Gasteiger partial charge in [-0.2, -0.15) is 0 Å². The van der Waals surface area contributed by atoms with Crippen LogP contribution in [0.3, 0.4) is 0 Å². The molecule has 0 heterocycles. The van der Waals surface area contributed by atoms with Gasteiger partial charge in [-0.1, -0.05) is 30.3 Å². The zero-order chi connectivity index (χ0) is 17.4. The first-order chi connectivity index (χ1) is 11.4. The second-order valence-electron chi connectivity index (χ2n) is 5.63. The zero-order valence-corrected chi connectivity index (χ0v) is 14.2. The van der Waals surface area contributed by atoms with Gasteiger partial charge < -0.3 is 14.5 Å². The van der Waals surface area contributed by atoms with E-state index in [-0.39, 0.29) is 12.2 Å². The minimum atomic E-state index is -4.23. The summed E-state index contributed by atoms with van der Waals surface area (Å²) in [6.45, 7) is 0. The Hall–Kier alpha value is -1.94. The molecule has 5 nitrogen and oxygen atoms in total. The highest BCUT2D eigenvalue weighted by atomic mass is 31.2. The van der Waals surface area contributed by atoms with Gasteiger partial charge in [0.2, 0.25) is 0 Å². The summed E-state index contributed by atoms with van der Waals surface area (Å²) in [5, 5.41) is 0. The molecule has 2 aromatic carbocycles. The molecule has 2 aromatic rings. The molecule has 2 N–H and O–H groups in total. The van der Waals surface area contributed by atoms with Crippen LogP contribution in [0.15, 0.2) is 54.6 Å². The number of ketones is 1. The predicted molar refractivity (Wildman–Crippen MR) is 92.4 cm³/mol. The molecule has 2 rings (SSSR count). The molecule has 0 saturated carbocycles. The lowest BCUT2D eigenvalue weighted by Crippen LogP contribution is -2.05. The van der Waals surface area contributed by atoms with Crippen LogP contribution in [0.4, 0.5) is 0 Å². The Balaban J connectivity index is 1.72. The lowest BCUT2D eigenvalue weighted by Gasteiger charge is -2.07. The molecule has 0 bridgehead atoms. The molecule has 0 fully saturated rings. The van der Waals surface area contributed by atoms with Gasteiger partial charge in [0.25, 0.3) is 0 Å². The third-order valence-electron chi connectivity index (χ3n) is 3.46. The number of rotatable bonds is 9. The summed E-state index contributed by atoms with van der Waals surface area (Å²) in [7, 11) is -4.23. The fourth-order valence-electron chi connectivity index (χ4n) is 2.31. The van der Waals surface area contributed by atoms with E-state index in [0.29, 0.717) is 6.42 Å². The van der Waals surface area contributed by atoms with E-state index in [1.165, 1.54) is 0 Å². The molecule has 0 aliphatic carbocycles. The second-order valence-corrected chi connectivity index (χ2v) is 7.27. The van der Waals surface area contributed by atoms with Crippen molar-refractivity contribution in [3.63, 3.8) is 0 Å². The van der Waals surface area contributed by atoms with Crippen LogP contribution in [-0.4, -0.2) is 21.7 Å². The van der Waals surface area contributed by atoms with Gasteiger partial charge in [-0.05, 0) is 49.1 Å². The fraction of sp³-hybridized carbons (Fsp3) is 0.278. The molecule has 24 heavy (non-hydrogen) atoms. The Labute approximate surface area is 141 Å². The van der Waals surface area contributed by atoms with E-state index in [1.54, 1.807) is 0 Å². The Morgan fingerprint density at radius 1 is 0.917 bits per heavy atom. The number of carbonyl (C=O) groups excluding carboxylic acids is 1. The van der Waals surface area contributed by atoms with Crippen molar-refractivity contribution in [1.29, 1.82) is 0 Å². The molecule has 0 atom stereocenters. The van der Waals surface area contributed by atoms with Crippen molar-refractivity contribution in [3.05, 3.63) is 60.2 Å². The summed E-state index contributed by atoms with van der Waals surface area (Å²) in [6, 6.07) is 17.3. The first-order valence-corrected chi connectivity index (χ1v) is 9.60. The van der Waals surface area contributed by atoms with Crippen LogP contribution in [-0.2, 0) is 15.8 Å². The quantitative estimate of drug-likeness (QED) is 0.530. The number of ether oxygens (including phenoxy) is 1. The van der Waals surface area contributed by atoms with E-state index < -0.39 is 13.8 Å². The third kappa shape index (κ3) is 7.09. The SMILES string of the molecule is O=C(CCCCc1ccc(Oc2ccccc2)cc1)CP(=O)(O)O. The van der Waals surface area contributed by atoms with Gasteiger partial charge >= 0.3 is 7.60 Å². The molecule has 0 saturated heterocycles. The summed E-state index contributed by atoms with van der Waals surface area (Å²) >= 11 is 0. The van der Waals surface area contributed by atoms with E-state index in [0.717, 1.165) is 29.9 Å². The summed E-state index contributed by atoms with van der Waals surface area (Å²) in [6.07, 6.45) is 1.79. The smallest absolute Gasteiger partial charge is 0.332 e. The van der Waals surface area contributed by atoms with Crippen molar-refractivity contribution in [2.24, 2.45) is 0 Å². The predicted octanol–water partition coefficient (Wildman–Crippen LogP) is 3.94. The lowest BCUT2D eigenvalue weighted by atomic mass is 10.1. The minimum absolute atomic E-state index is 0.209. The highest BCUT2D eigenvalue weighted by Crippen LogP contribution is 2.34. The fourth-order valence-corrected chi connectivity index (χ4v) is 2.93. The maximum atomic E-state index is 11.4. The van der Waals surface area contributed by atoms with E-state index in [4.69, 9.17) is 14.5 Å². The molecule has 128 valence electrons. The van der Waals surface area contributed by atoms with Crippen molar-refractivity contribution < 1.29 is 23.9 Å². The Morgan fingerprint density at radius 2 is 1.54 bits per heavy atom. The molecule has 0 aliphatic heterocycles. The molecule has 0 amide bonds. The molecule has 0 spiro atoms. The number of hydrogen-bond donors (Lipinski definition) is 2. The maximum Gasteiger partial charge on any atom is 0.332 e. The van der Waals surface area contributed by atoms with Gasteiger partial charge in [0.1, 0.15) is 23.4 Å². The van der Waals surface area contributed by atoms with Gasteiger partial charge in [-0.3, -0.25) is 9.36 Å². The van der Waals surface area contributed by atoms with Gasteiger partial charge in [0.05, 0.1) is 0 Å². The molecule has 6 heteroatoms. The normalized spacial score (nSPS) is 11.2. The first kappa shape index (κ1) is 18.4. The van der Waals surface area contributed by atoms with Crippen LogP contribution < -0.4 is 4.74 Å². The Bertz CT molecular complexity index is 691. The van der Waals surface area contributed by atoms with Crippen LogP contribution in [0.1, 0.15) is 24.8 Å². The average Bonchev–Trinajstić information content (AvgIpc) is 2.52. The topological polar surface area (TPSA) is 83.8 Å². The monoisotopic (exact) mass is 348 g/mol. The largest absolute Gasteiger partial charge is 0.457 e. The van der Waals surface area contributed by atoms with E-state index in [2.05, 4.69) is 0 Å². The van der Waals surface area contributed by atoms with Crippen molar-refractivity contribution in [1.82, 2.24) is 0 Å². The van der Waals surface area contributed by atoms with Crippen LogP contribution in [0.25, 0.3) is 0 Å². The highest BCUT2D eigenvalue weighted by Gasteiger charge is 2.18. The molecular formula is C18H21O5P. The lowest BCUT2D eigenvalue weighted by molar-refractivity contribution is -0.117. The van der Waals surface area contributed by atoms with Gasteiger partial charge in [-0.25, -0.2) is 0 Å². The van der Waals surface area contributed by atoms with Crippen molar-refractivity contribution >= 4 is 13.4 Å². The Morgan fingerprint density at radius 3 is 2.17 bits per heavy atom. The number of benzene rings is 2.